The van der Waals surface area contributed by atoms with E-state index in [0.29, 0.717) is 0 Å². The molecule has 1 spiro atoms. The minimum Gasteiger partial charge on any atom is -0.439 e. The summed E-state index contributed by atoms with van der Waals surface area (Å²) in [5.74, 6) is 2.75. The van der Waals surface area contributed by atoms with E-state index < -0.39 is 0 Å². The van der Waals surface area contributed by atoms with E-state index in [1.54, 1.807) is 0 Å². The van der Waals surface area contributed by atoms with Gasteiger partial charge in [-0.05, 0) is 49.8 Å². The van der Waals surface area contributed by atoms with Gasteiger partial charge in [0.05, 0.1) is 5.54 Å². The van der Waals surface area contributed by atoms with E-state index in [0.717, 1.165) is 29.7 Å². The van der Waals surface area contributed by atoms with Crippen LogP contribution in [0.3, 0.4) is 0 Å². The van der Waals surface area contributed by atoms with Gasteiger partial charge in [-0.15, -0.1) is 0 Å². The first-order valence-corrected chi connectivity index (χ1v) is 9.37. The molecule has 2 aromatic heterocycles. The third-order valence-corrected chi connectivity index (χ3v) is 6.05. The number of nitrogens with zero attached hydrogens (tertiary/aromatic N) is 1. The number of hydrogen-bond donors (Lipinski definition) is 1. The molecule has 128 valence electrons. The molecule has 1 aliphatic carbocycles. The van der Waals surface area contributed by atoms with Crippen LogP contribution in [-0.2, 0) is 12.1 Å². The van der Waals surface area contributed by atoms with Crippen LogP contribution in [0, 0.1) is 5.92 Å². The highest BCUT2D eigenvalue weighted by Gasteiger charge is 2.40. The van der Waals surface area contributed by atoms with Crippen molar-refractivity contribution in [3.05, 3.63) is 66.0 Å². The summed E-state index contributed by atoms with van der Waals surface area (Å²) in [6, 6.07) is 17.0. The van der Waals surface area contributed by atoms with Gasteiger partial charge in [0.1, 0.15) is 5.76 Å². The average molecular weight is 332 g/mol. The molecular weight excluding hydrogens is 308 g/mol. The number of nitrogens with one attached hydrogen (secondary N) is 1. The molecule has 3 aromatic rings. The first-order chi connectivity index (χ1) is 12.3. The quantitative estimate of drug-likeness (QED) is 0.660. The molecule has 2 aliphatic rings. The Morgan fingerprint density at radius 1 is 1.08 bits per heavy atom. The molecule has 3 nitrogen and oxygen atoms in total. The molecule has 0 bridgehead atoms. The Bertz CT molecular complexity index is 882. The van der Waals surface area contributed by atoms with Gasteiger partial charge in [0.2, 0.25) is 5.88 Å². The molecule has 0 saturated heterocycles. The van der Waals surface area contributed by atoms with E-state index in [9.17, 15) is 0 Å². The lowest BCUT2D eigenvalue weighted by Crippen LogP contribution is -2.44. The molecule has 0 amide bonds. The van der Waals surface area contributed by atoms with Crippen LogP contribution in [0.25, 0.3) is 17.2 Å². The first kappa shape index (κ1) is 15.0. The summed E-state index contributed by atoms with van der Waals surface area (Å²) in [6.45, 7) is 3.24. The predicted octanol–water partition coefficient (Wildman–Crippen LogP) is 5.25. The smallest absolute Gasteiger partial charge is 0.209 e. The third kappa shape index (κ3) is 2.37. The van der Waals surface area contributed by atoms with E-state index in [1.807, 2.05) is 6.07 Å². The Balaban J connectivity index is 1.59. The van der Waals surface area contributed by atoms with Gasteiger partial charge in [0, 0.05) is 29.6 Å². The van der Waals surface area contributed by atoms with Crippen LogP contribution in [0.5, 0.6) is 0 Å². The Morgan fingerprint density at radius 3 is 2.68 bits per heavy atom. The molecule has 3 heterocycles. The van der Waals surface area contributed by atoms with Crippen molar-refractivity contribution in [1.29, 1.82) is 0 Å². The lowest BCUT2D eigenvalue weighted by molar-refractivity contribution is 0.189. The summed E-state index contributed by atoms with van der Waals surface area (Å²) in [5, 5.41) is 3.90. The summed E-state index contributed by atoms with van der Waals surface area (Å²) in [5.41, 5.74) is 3.81. The normalized spacial score (nSPS) is 25.4. The van der Waals surface area contributed by atoms with E-state index in [-0.39, 0.29) is 5.54 Å². The lowest BCUT2D eigenvalue weighted by Gasteiger charge is -2.39. The second-order valence-electron chi connectivity index (χ2n) is 7.69. The van der Waals surface area contributed by atoms with Crippen LogP contribution in [-0.4, -0.2) is 4.57 Å². The summed E-state index contributed by atoms with van der Waals surface area (Å²) in [6.07, 6.45) is 7.13. The van der Waals surface area contributed by atoms with Crippen molar-refractivity contribution < 1.29 is 4.42 Å². The molecule has 0 atom stereocenters. The van der Waals surface area contributed by atoms with Gasteiger partial charge >= 0.3 is 0 Å². The van der Waals surface area contributed by atoms with Crippen molar-refractivity contribution in [3.63, 3.8) is 0 Å². The Kier molecular flexibility index (Phi) is 3.39. The van der Waals surface area contributed by atoms with E-state index >= 15 is 0 Å². The third-order valence-electron chi connectivity index (χ3n) is 6.05. The van der Waals surface area contributed by atoms with Crippen molar-refractivity contribution in [2.75, 3.05) is 0 Å². The highest BCUT2D eigenvalue weighted by molar-refractivity contribution is 5.61. The fourth-order valence-electron chi connectivity index (χ4n) is 4.49. The van der Waals surface area contributed by atoms with Crippen molar-refractivity contribution in [3.8, 4) is 17.2 Å². The zero-order valence-electron chi connectivity index (χ0n) is 14.7. The van der Waals surface area contributed by atoms with Crippen LogP contribution in [0.1, 0.15) is 43.9 Å². The summed E-state index contributed by atoms with van der Waals surface area (Å²) in [7, 11) is 0. The van der Waals surface area contributed by atoms with Crippen LogP contribution in [0.2, 0.25) is 0 Å². The number of rotatable bonds is 1. The summed E-state index contributed by atoms with van der Waals surface area (Å²) in [4.78, 5) is 0. The van der Waals surface area contributed by atoms with Gasteiger partial charge in [0.15, 0.2) is 0 Å². The molecular formula is C22H24N2O. The number of furan rings is 1. The van der Waals surface area contributed by atoms with Crippen LogP contribution < -0.4 is 5.32 Å². The van der Waals surface area contributed by atoms with Crippen molar-refractivity contribution in [1.82, 2.24) is 9.88 Å². The number of benzene rings is 1. The van der Waals surface area contributed by atoms with Crippen LogP contribution in [0.4, 0.5) is 0 Å². The zero-order valence-corrected chi connectivity index (χ0v) is 14.7. The standard InChI is InChI=1S/C22H24N2O/c1-16-9-11-22(12-10-16)20-8-5-13-24(20)21-18(15-23-22)14-19(25-21)17-6-3-2-4-7-17/h2-8,13-14,16,23H,9-12,15H2,1H3. The Labute approximate surface area is 148 Å². The Hall–Kier alpha value is -2.26. The lowest BCUT2D eigenvalue weighted by atomic mass is 9.75. The molecule has 5 rings (SSSR count). The minimum atomic E-state index is 0.0878. The van der Waals surface area contributed by atoms with Crippen LogP contribution >= 0.6 is 0 Å². The Morgan fingerprint density at radius 2 is 1.88 bits per heavy atom. The monoisotopic (exact) mass is 332 g/mol. The zero-order chi connectivity index (χ0) is 16.9. The number of fused-ring (bicyclic) bond motifs is 4. The molecule has 3 heteroatoms. The summed E-state index contributed by atoms with van der Waals surface area (Å²) >= 11 is 0. The van der Waals surface area contributed by atoms with Gasteiger partial charge in [-0.1, -0.05) is 37.3 Å². The molecule has 0 radical (unpaired) electrons. The van der Waals surface area contributed by atoms with Gasteiger partial charge in [-0.2, -0.15) is 0 Å². The number of aromatic nitrogens is 1. The maximum absolute atomic E-state index is 6.34. The largest absolute Gasteiger partial charge is 0.439 e. The van der Waals surface area contributed by atoms with E-state index in [4.69, 9.17) is 4.42 Å². The van der Waals surface area contributed by atoms with Crippen LogP contribution in [0.15, 0.2) is 59.1 Å². The second-order valence-corrected chi connectivity index (χ2v) is 7.69. The maximum atomic E-state index is 6.34. The molecule has 1 aromatic carbocycles. The molecule has 1 N–H and O–H groups in total. The SMILES string of the molecule is CC1CCC2(CC1)NCc1cc(-c3ccccc3)oc1-n1cccc12. The first-order valence-electron chi connectivity index (χ1n) is 9.37. The van der Waals surface area contributed by atoms with Crippen molar-refractivity contribution in [2.45, 2.75) is 44.7 Å². The molecule has 1 aliphatic heterocycles. The van der Waals surface area contributed by atoms with Gasteiger partial charge in [-0.25, -0.2) is 0 Å². The van der Waals surface area contributed by atoms with Gasteiger partial charge in [0.25, 0.3) is 0 Å². The summed E-state index contributed by atoms with van der Waals surface area (Å²) < 4.78 is 8.61. The molecule has 1 fully saturated rings. The molecule has 25 heavy (non-hydrogen) atoms. The maximum Gasteiger partial charge on any atom is 0.209 e. The molecule has 0 unspecified atom stereocenters. The average Bonchev–Trinajstić information content (AvgIpc) is 3.27. The highest BCUT2D eigenvalue weighted by atomic mass is 16.4. The van der Waals surface area contributed by atoms with E-state index in [2.05, 4.69) is 65.5 Å². The van der Waals surface area contributed by atoms with Crippen molar-refractivity contribution in [2.24, 2.45) is 5.92 Å². The predicted molar refractivity (Wildman–Crippen MR) is 99.6 cm³/mol. The van der Waals surface area contributed by atoms with Gasteiger partial charge in [-0.3, -0.25) is 4.57 Å². The minimum absolute atomic E-state index is 0.0878. The topological polar surface area (TPSA) is 30.1 Å². The fraction of sp³-hybridized carbons (Fsp3) is 0.364. The second kappa shape index (κ2) is 5.63. The molecule has 1 saturated carbocycles. The fourth-order valence-corrected chi connectivity index (χ4v) is 4.49. The van der Waals surface area contributed by atoms with Gasteiger partial charge < -0.3 is 9.73 Å². The van der Waals surface area contributed by atoms with E-state index in [1.165, 1.54) is 36.9 Å². The highest BCUT2D eigenvalue weighted by Crippen LogP contribution is 2.43. The number of hydrogen-bond acceptors (Lipinski definition) is 2. The van der Waals surface area contributed by atoms with Crippen molar-refractivity contribution >= 4 is 0 Å².